The number of benzene rings is 1. The summed E-state index contributed by atoms with van der Waals surface area (Å²) in [5, 5.41) is 9.60. The van der Waals surface area contributed by atoms with Crippen molar-refractivity contribution < 1.29 is 18.6 Å². The van der Waals surface area contributed by atoms with Crippen LogP contribution in [-0.2, 0) is 0 Å². The molecular formula is C10H13F2NO2. The number of aliphatic hydroxyl groups excluding tert-OH is 1. The fraction of sp³-hybridized carbons (Fsp3) is 0.400. The summed E-state index contributed by atoms with van der Waals surface area (Å²) in [6, 6.07) is 1.83. The highest BCUT2D eigenvalue weighted by Gasteiger charge is 2.16. The molecule has 1 rings (SSSR count). The van der Waals surface area contributed by atoms with Gasteiger partial charge in [0.15, 0.2) is 11.6 Å². The van der Waals surface area contributed by atoms with Crippen molar-refractivity contribution in [3.8, 4) is 5.75 Å². The lowest BCUT2D eigenvalue weighted by molar-refractivity contribution is 0.165. The van der Waals surface area contributed by atoms with Gasteiger partial charge in [-0.1, -0.05) is 0 Å². The van der Waals surface area contributed by atoms with Crippen LogP contribution in [0.25, 0.3) is 0 Å². The second-order valence-corrected chi connectivity index (χ2v) is 3.10. The molecule has 0 saturated heterocycles. The van der Waals surface area contributed by atoms with Crippen molar-refractivity contribution in [2.45, 2.75) is 12.5 Å². The molecule has 0 saturated carbocycles. The molecule has 0 heterocycles. The number of hydrogen-bond donors (Lipinski definition) is 2. The van der Waals surface area contributed by atoms with Gasteiger partial charge >= 0.3 is 0 Å². The highest BCUT2D eigenvalue weighted by molar-refractivity contribution is 5.36. The van der Waals surface area contributed by atoms with Crippen molar-refractivity contribution >= 4 is 0 Å². The van der Waals surface area contributed by atoms with Gasteiger partial charge in [0.1, 0.15) is 5.75 Å². The number of aliphatic hydroxyl groups is 1. The Morgan fingerprint density at radius 3 is 2.53 bits per heavy atom. The fourth-order valence-corrected chi connectivity index (χ4v) is 1.29. The van der Waals surface area contributed by atoms with Crippen LogP contribution in [-0.4, -0.2) is 18.8 Å². The lowest BCUT2D eigenvalue weighted by Gasteiger charge is -2.14. The van der Waals surface area contributed by atoms with Crippen molar-refractivity contribution in [2.75, 3.05) is 13.7 Å². The molecule has 0 aliphatic heterocycles. The number of ether oxygens (including phenoxy) is 1. The molecule has 0 aliphatic rings. The molecule has 0 unspecified atom stereocenters. The molecule has 0 aromatic heterocycles. The Kier molecular flexibility index (Phi) is 3.99. The molecule has 1 aromatic rings. The van der Waals surface area contributed by atoms with Crippen LogP contribution < -0.4 is 10.5 Å². The maximum atomic E-state index is 12.9. The summed E-state index contributed by atoms with van der Waals surface area (Å²) in [6.07, 6.45) is -0.679. The maximum absolute atomic E-state index is 12.9. The van der Waals surface area contributed by atoms with E-state index in [1.54, 1.807) is 0 Å². The summed E-state index contributed by atoms with van der Waals surface area (Å²) in [5.74, 6) is -1.90. The van der Waals surface area contributed by atoms with Crippen molar-refractivity contribution in [1.82, 2.24) is 0 Å². The molecule has 3 nitrogen and oxygen atoms in total. The summed E-state index contributed by atoms with van der Waals surface area (Å²) >= 11 is 0. The minimum atomic E-state index is -1.01. The predicted molar refractivity (Wildman–Crippen MR) is 51.5 cm³/mol. The van der Waals surface area contributed by atoms with Crippen molar-refractivity contribution in [3.63, 3.8) is 0 Å². The molecule has 15 heavy (non-hydrogen) atoms. The minimum Gasteiger partial charge on any atom is -0.496 e. The van der Waals surface area contributed by atoms with E-state index in [4.69, 9.17) is 10.5 Å². The third-order valence-electron chi connectivity index (χ3n) is 2.07. The first-order chi connectivity index (χ1) is 7.10. The van der Waals surface area contributed by atoms with Gasteiger partial charge in [-0.15, -0.1) is 0 Å². The third kappa shape index (κ3) is 2.64. The minimum absolute atomic E-state index is 0.120. The van der Waals surface area contributed by atoms with E-state index in [-0.39, 0.29) is 24.3 Å². The van der Waals surface area contributed by atoms with Crippen LogP contribution in [0.4, 0.5) is 8.78 Å². The van der Waals surface area contributed by atoms with Gasteiger partial charge < -0.3 is 15.6 Å². The second-order valence-electron chi connectivity index (χ2n) is 3.10. The molecule has 3 N–H and O–H groups in total. The fourth-order valence-electron chi connectivity index (χ4n) is 1.29. The smallest absolute Gasteiger partial charge is 0.162 e. The van der Waals surface area contributed by atoms with Gasteiger partial charge in [-0.25, -0.2) is 8.78 Å². The second kappa shape index (κ2) is 5.04. The van der Waals surface area contributed by atoms with Gasteiger partial charge in [0.05, 0.1) is 13.2 Å². The van der Waals surface area contributed by atoms with Crippen molar-refractivity contribution in [1.29, 1.82) is 0 Å². The number of nitrogens with two attached hydrogens (primary N) is 1. The van der Waals surface area contributed by atoms with Gasteiger partial charge in [-0.3, -0.25) is 0 Å². The van der Waals surface area contributed by atoms with Crippen LogP contribution in [0.3, 0.4) is 0 Å². The summed E-state index contributed by atoms with van der Waals surface area (Å²) in [6.45, 7) is 0.253. The molecule has 5 heteroatoms. The Hall–Kier alpha value is -1.20. The summed E-state index contributed by atoms with van der Waals surface area (Å²) in [5.41, 5.74) is 5.47. The lowest BCUT2D eigenvalue weighted by Crippen LogP contribution is -2.08. The van der Waals surface area contributed by atoms with Gasteiger partial charge in [0.25, 0.3) is 0 Å². The molecule has 0 spiro atoms. The zero-order valence-electron chi connectivity index (χ0n) is 8.34. The van der Waals surface area contributed by atoms with E-state index in [0.29, 0.717) is 0 Å². The average molecular weight is 217 g/mol. The van der Waals surface area contributed by atoms with E-state index in [0.717, 1.165) is 12.1 Å². The summed E-state index contributed by atoms with van der Waals surface area (Å²) in [4.78, 5) is 0. The van der Waals surface area contributed by atoms with Gasteiger partial charge in [0.2, 0.25) is 0 Å². The normalized spacial score (nSPS) is 12.6. The van der Waals surface area contributed by atoms with E-state index in [1.165, 1.54) is 7.11 Å². The molecule has 1 aromatic carbocycles. The van der Waals surface area contributed by atoms with E-state index in [9.17, 15) is 13.9 Å². The monoisotopic (exact) mass is 217 g/mol. The number of rotatable bonds is 4. The van der Waals surface area contributed by atoms with E-state index in [1.807, 2.05) is 0 Å². The average Bonchev–Trinajstić information content (AvgIpc) is 2.21. The van der Waals surface area contributed by atoms with E-state index >= 15 is 0 Å². The molecule has 0 aliphatic carbocycles. The molecule has 84 valence electrons. The Morgan fingerprint density at radius 1 is 1.40 bits per heavy atom. The molecule has 1 atom stereocenters. The Balaban J connectivity index is 3.09. The number of methoxy groups -OCH3 is 1. The topological polar surface area (TPSA) is 55.5 Å². The maximum Gasteiger partial charge on any atom is 0.162 e. The Labute approximate surface area is 86.5 Å². The lowest BCUT2D eigenvalue weighted by atomic mass is 10.1. The van der Waals surface area contributed by atoms with Crippen LogP contribution >= 0.6 is 0 Å². The largest absolute Gasteiger partial charge is 0.496 e. The molecule has 0 amide bonds. The van der Waals surface area contributed by atoms with E-state index < -0.39 is 17.7 Å². The van der Waals surface area contributed by atoms with Crippen LogP contribution in [0, 0.1) is 11.6 Å². The highest BCUT2D eigenvalue weighted by atomic mass is 19.2. The molecule has 0 radical (unpaired) electrons. The highest BCUT2D eigenvalue weighted by Crippen LogP contribution is 2.29. The summed E-state index contributed by atoms with van der Waals surface area (Å²) in [7, 11) is 1.32. The predicted octanol–water partition coefficient (Wildman–Crippen LogP) is 1.36. The van der Waals surface area contributed by atoms with Crippen LogP contribution in [0.2, 0.25) is 0 Å². The number of hydrogen-bond acceptors (Lipinski definition) is 3. The molecular weight excluding hydrogens is 204 g/mol. The van der Waals surface area contributed by atoms with Crippen LogP contribution in [0.15, 0.2) is 12.1 Å². The Bertz CT molecular complexity index is 344. The van der Waals surface area contributed by atoms with Crippen molar-refractivity contribution in [3.05, 3.63) is 29.3 Å². The van der Waals surface area contributed by atoms with Gasteiger partial charge in [-0.05, 0) is 19.0 Å². The van der Waals surface area contributed by atoms with Crippen molar-refractivity contribution in [2.24, 2.45) is 5.73 Å². The third-order valence-corrected chi connectivity index (χ3v) is 2.07. The van der Waals surface area contributed by atoms with Gasteiger partial charge in [0, 0.05) is 11.6 Å². The standard InChI is InChI=1S/C10H13F2NO2/c1-15-10-5-8(12)7(11)4-6(10)9(14)2-3-13/h4-5,9,14H,2-3,13H2,1H3/t9-/m0/s1. The quantitative estimate of drug-likeness (QED) is 0.800. The first-order valence-electron chi connectivity index (χ1n) is 4.51. The zero-order chi connectivity index (χ0) is 11.4. The number of halogens is 2. The first-order valence-corrected chi connectivity index (χ1v) is 4.51. The van der Waals surface area contributed by atoms with E-state index in [2.05, 4.69) is 0 Å². The van der Waals surface area contributed by atoms with Gasteiger partial charge in [-0.2, -0.15) is 0 Å². The Morgan fingerprint density at radius 2 is 2.00 bits per heavy atom. The van der Waals surface area contributed by atoms with Crippen LogP contribution in [0.5, 0.6) is 5.75 Å². The summed E-state index contributed by atoms with van der Waals surface area (Å²) < 4.78 is 30.6. The SMILES string of the molecule is COc1cc(F)c(F)cc1[C@@H](O)CCN. The zero-order valence-corrected chi connectivity index (χ0v) is 8.34. The molecule has 0 fully saturated rings. The van der Waals surface area contributed by atoms with Crippen LogP contribution in [0.1, 0.15) is 18.1 Å². The first kappa shape index (κ1) is 11.9. The molecule has 0 bridgehead atoms.